The lowest BCUT2D eigenvalue weighted by atomic mass is 10.0. The summed E-state index contributed by atoms with van der Waals surface area (Å²) in [4.78, 5) is 53.0. The third-order valence-electron chi connectivity index (χ3n) is 6.13. The van der Waals surface area contributed by atoms with E-state index in [0.717, 1.165) is 22.0 Å². The molecule has 3 rings (SSSR count). The van der Waals surface area contributed by atoms with Gasteiger partial charge < -0.3 is 31.8 Å². The molecule has 0 aliphatic heterocycles. The third-order valence-corrected chi connectivity index (χ3v) is 6.13. The van der Waals surface area contributed by atoms with Crippen LogP contribution in [0.1, 0.15) is 31.4 Å². The largest absolute Gasteiger partial charge is 0.480 e. The number of nitrogens with one attached hydrogen (secondary N) is 4. The SMILES string of the molecule is CC(C)CC(NC(=O)CNC(=O)C(N)Cc1c[nH]c2ccccc12)C(=O)NC(Cc1ccccc1)C(=O)O. The van der Waals surface area contributed by atoms with Crippen LogP contribution in [0.4, 0.5) is 0 Å². The van der Waals surface area contributed by atoms with Gasteiger partial charge in [0.25, 0.3) is 0 Å². The van der Waals surface area contributed by atoms with E-state index in [0.29, 0.717) is 6.42 Å². The van der Waals surface area contributed by atoms with Gasteiger partial charge in [-0.3, -0.25) is 14.4 Å². The molecule has 3 amide bonds. The minimum absolute atomic E-state index is 0.0441. The van der Waals surface area contributed by atoms with Gasteiger partial charge in [0, 0.05) is 23.5 Å². The van der Waals surface area contributed by atoms with E-state index in [9.17, 15) is 24.3 Å². The zero-order valence-electron chi connectivity index (χ0n) is 21.6. The molecule has 7 N–H and O–H groups in total. The molecule has 0 bridgehead atoms. The maximum atomic E-state index is 13.0. The highest BCUT2D eigenvalue weighted by Crippen LogP contribution is 2.18. The number of hydrogen-bond acceptors (Lipinski definition) is 5. The molecular formula is C28H35N5O5. The molecule has 0 radical (unpaired) electrons. The number of carboxylic acids is 1. The topological polar surface area (TPSA) is 166 Å². The van der Waals surface area contributed by atoms with E-state index < -0.39 is 41.8 Å². The standard InChI is InChI=1S/C28H35N5O5/c1-17(2)12-23(27(36)33-24(28(37)38)13-18-8-4-3-5-9-18)32-25(34)16-31-26(35)21(29)14-19-15-30-22-11-7-6-10-20(19)22/h3-11,15,17,21,23-24,30H,12-14,16,29H2,1-2H3,(H,31,35)(H,32,34)(H,33,36)(H,37,38). The number of carbonyl (C=O) groups excluding carboxylic acids is 3. The van der Waals surface area contributed by atoms with Crippen molar-refractivity contribution in [3.05, 3.63) is 71.9 Å². The van der Waals surface area contributed by atoms with Crippen LogP contribution in [0.15, 0.2) is 60.8 Å². The maximum Gasteiger partial charge on any atom is 0.326 e. The summed E-state index contributed by atoms with van der Waals surface area (Å²) in [7, 11) is 0. The number of carbonyl (C=O) groups is 4. The lowest BCUT2D eigenvalue weighted by molar-refractivity contribution is -0.142. The summed E-state index contributed by atoms with van der Waals surface area (Å²) in [6, 6.07) is 13.7. The van der Waals surface area contributed by atoms with Gasteiger partial charge in [-0.15, -0.1) is 0 Å². The van der Waals surface area contributed by atoms with Gasteiger partial charge in [-0.25, -0.2) is 4.79 Å². The van der Waals surface area contributed by atoms with Crippen molar-refractivity contribution in [3.63, 3.8) is 0 Å². The molecule has 3 aromatic rings. The predicted molar refractivity (Wildman–Crippen MR) is 144 cm³/mol. The molecule has 0 spiro atoms. The Morgan fingerprint density at radius 2 is 1.58 bits per heavy atom. The van der Waals surface area contributed by atoms with Gasteiger partial charge >= 0.3 is 5.97 Å². The lowest BCUT2D eigenvalue weighted by Gasteiger charge is -2.23. The van der Waals surface area contributed by atoms with Crippen molar-refractivity contribution in [1.82, 2.24) is 20.9 Å². The van der Waals surface area contributed by atoms with Crippen molar-refractivity contribution in [2.45, 2.75) is 51.2 Å². The van der Waals surface area contributed by atoms with E-state index in [1.807, 2.05) is 50.4 Å². The van der Waals surface area contributed by atoms with Gasteiger partial charge in [0.1, 0.15) is 12.1 Å². The van der Waals surface area contributed by atoms with Crippen LogP contribution in [0.25, 0.3) is 10.9 Å². The Kier molecular flexibility index (Phi) is 10.0. The van der Waals surface area contributed by atoms with Crippen molar-refractivity contribution in [2.24, 2.45) is 11.7 Å². The van der Waals surface area contributed by atoms with Crippen LogP contribution in [-0.2, 0) is 32.0 Å². The van der Waals surface area contributed by atoms with Crippen LogP contribution < -0.4 is 21.7 Å². The van der Waals surface area contributed by atoms with Gasteiger partial charge in [0.05, 0.1) is 12.6 Å². The highest BCUT2D eigenvalue weighted by Gasteiger charge is 2.27. The predicted octanol–water partition coefficient (Wildman–Crippen LogP) is 1.50. The number of benzene rings is 2. The fourth-order valence-corrected chi connectivity index (χ4v) is 4.20. The summed E-state index contributed by atoms with van der Waals surface area (Å²) in [6.45, 7) is 3.40. The summed E-state index contributed by atoms with van der Waals surface area (Å²) in [5.74, 6) is -2.80. The van der Waals surface area contributed by atoms with Crippen molar-refractivity contribution in [1.29, 1.82) is 0 Å². The number of fused-ring (bicyclic) bond motifs is 1. The first-order chi connectivity index (χ1) is 18.1. The molecule has 1 heterocycles. The van der Waals surface area contributed by atoms with E-state index in [4.69, 9.17) is 5.73 Å². The Hall–Kier alpha value is -4.18. The first-order valence-electron chi connectivity index (χ1n) is 12.6. The summed E-state index contributed by atoms with van der Waals surface area (Å²) in [6.07, 6.45) is 2.49. The third kappa shape index (κ3) is 8.17. The van der Waals surface area contributed by atoms with Crippen LogP contribution in [0, 0.1) is 5.92 Å². The van der Waals surface area contributed by atoms with E-state index in [1.165, 1.54) is 0 Å². The van der Waals surface area contributed by atoms with Crippen LogP contribution in [0.3, 0.4) is 0 Å². The van der Waals surface area contributed by atoms with Crippen molar-refractivity contribution in [2.75, 3.05) is 6.54 Å². The number of para-hydroxylation sites is 1. The Labute approximate surface area is 221 Å². The van der Waals surface area contributed by atoms with E-state index in [1.54, 1.807) is 24.3 Å². The van der Waals surface area contributed by atoms with E-state index in [2.05, 4.69) is 20.9 Å². The molecule has 38 heavy (non-hydrogen) atoms. The minimum atomic E-state index is -1.17. The molecule has 3 unspecified atom stereocenters. The van der Waals surface area contributed by atoms with E-state index >= 15 is 0 Å². The Balaban J connectivity index is 1.54. The number of aromatic nitrogens is 1. The molecule has 1 aromatic heterocycles. The minimum Gasteiger partial charge on any atom is -0.480 e. The van der Waals surface area contributed by atoms with Crippen LogP contribution in [0.2, 0.25) is 0 Å². The highest BCUT2D eigenvalue weighted by molar-refractivity contribution is 5.93. The lowest BCUT2D eigenvalue weighted by Crippen LogP contribution is -2.54. The summed E-state index contributed by atoms with van der Waals surface area (Å²) in [5, 5.41) is 18.3. The zero-order chi connectivity index (χ0) is 27.7. The average molecular weight is 522 g/mol. The summed E-state index contributed by atoms with van der Waals surface area (Å²) < 4.78 is 0. The molecule has 202 valence electrons. The second kappa shape index (κ2) is 13.4. The Bertz CT molecular complexity index is 1260. The first kappa shape index (κ1) is 28.4. The molecule has 2 aromatic carbocycles. The Morgan fingerprint density at radius 3 is 2.26 bits per heavy atom. The number of aromatic amines is 1. The van der Waals surface area contributed by atoms with Crippen molar-refractivity contribution >= 4 is 34.6 Å². The molecule has 10 nitrogen and oxygen atoms in total. The average Bonchev–Trinajstić information content (AvgIpc) is 3.29. The molecule has 0 aliphatic carbocycles. The number of amides is 3. The smallest absolute Gasteiger partial charge is 0.326 e. The van der Waals surface area contributed by atoms with Gasteiger partial charge in [-0.1, -0.05) is 62.4 Å². The molecule has 0 aliphatic rings. The van der Waals surface area contributed by atoms with Crippen LogP contribution in [0.5, 0.6) is 0 Å². The molecule has 10 heteroatoms. The summed E-state index contributed by atoms with van der Waals surface area (Å²) in [5.41, 5.74) is 8.67. The second-order valence-corrected chi connectivity index (χ2v) is 9.73. The monoisotopic (exact) mass is 521 g/mol. The molecule has 0 saturated heterocycles. The first-order valence-corrected chi connectivity index (χ1v) is 12.6. The van der Waals surface area contributed by atoms with Gasteiger partial charge in [0.15, 0.2) is 0 Å². The number of H-pyrrole nitrogens is 1. The van der Waals surface area contributed by atoms with Crippen LogP contribution >= 0.6 is 0 Å². The van der Waals surface area contributed by atoms with Crippen LogP contribution in [-0.4, -0.2) is 58.5 Å². The van der Waals surface area contributed by atoms with Crippen molar-refractivity contribution < 1.29 is 24.3 Å². The quantitative estimate of drug-likeness (QED) is 0.199. The number of aliphatic carboxylic acids is 1. The molecule has 3 atom stereocenters. The second-order valence-electron chi connectivity index (χ2n) is 9.73. The number of carboxylic acid groups (broad SMARTS) is 1. The van der Waals surface area contributed by atoms with Gasteiger partial charge in [-0.2, -0.15) is 0 Å². The zero-order valence-corrected chi connectivity index (χ0v) is 21.6. The highest BCUT2D eigenvalue weighted by atomic mass is 16.4. The van der Waals surface area contributed by atoms with Gasteiger partial charge in [-0.05, 0) is 36.0 Å². The maximum absolute atomic E-state index is 13.0. The normalized spacial score (nSPS) is 13.5. The fraction of sp³-hybridized carbons (Fsp3) is 0.357. The number of nitrogens with two attached hydrogens (primary N) is 1. The Morgan fingerprint density at radius 1 is 0.895 bits per heavy atom. The number of rotatable bonds is 13. The van der Waals surface area contributed by atoms with Gasteiger partial charge in [0.2, 0.25) is 17.7 Å². The molecular weight excluding hydrogens is 486 g/mol. The number of hydrogen-bond donors (Lipinski definition) is 6. The van der Waals surface area contributed by atoms with E-state index in [-0.39, 0.29) is 25.3 Å². The fourth-order valence-electron chi connectivity index (χ4n) is 4.20. The van der Waals surface area contributed by atoms with Crippen molar-refractivity contribution in [3.8, 4) is 0 Å². The summed E-state index contributed by atoms with van der Waals surface area (Å²) >= 11 is 0. The molecule has 0 fully saturated rings. The molecule has 0 saturated carbocycles.